The zero-order valence-electron chi connectivity index (χ0n) is 12.9. The van der Waals surface area contributed by atoms with Crippen molar-refractivity contribution in [1.29, 1.82) is 5.26 Å². The van der Waals surface area contributed by atoms with E-state index in [-0.39, 0.29) is 6.54 Å². The lowest BCUT2D eigenvalue weighted by Gasteiger charge is -2.19. The van der Waals surface area contributed by atoms with E-state index in [2.05, 4.69) is 0 Å². The molecule has 0 amide bonds. The molecule has 0 fully saturated rings. The van der Waals surface area contributed by atoms with Crippen LogP contribution in [0.15, 0.2) is 47.4 Å². The Bertz CT molecular complexity index is 819. The maximum Gasteiger partial charge on any atom is 0.243 e. The largest absolute Gasteiger partial charge is 0.243 e. The van der Waals surface area contributed by atoms with Gasteiger partial charge in [-0.3, -0.25) is 0 Å². The molecule has 0 saturated heterocycles. The molecule has 2 aromatic carbocycles. The topological polar surface area (TPSA) is 61.2 Å². The van der Waals surface area contributed by atoms with E-state index in [1.165, 1.54) is 4.31 Å². The standard InChI is InChI=1S/C17H18N2O2S/c1-13-4-5-14(2)17(10-13)22(20,21)19(3)12-16-8-6-15(11-18)7-9-16/h4-10H,12H2,1-3H3. The van der Waals surface area contributed by atoms with Crippen molar-refractivity contribution < 1.29 is 8.42 Å². The zero-order valence-corrected chi connectivity index (χ0v) is 13.7. The summed E-state index contributed by atoms with van der Waals surface area (Å²) in [5, 5.41) is 8.79. The molecule has 0 N–H and O–H groups in total. The molecule has 0 aliphatic heterocycles. The Balaban J connectivity index is 2.28. The second-order valence-corrected chi connectivity index (χ2v) is 7.35. The van der Waals surface area contributed by atoms with Gasteiger partial charge in [-0.25, -0.2) is 8.42 Å². The highest BCUT2D eigenvalue weighted by molar-refractivity contribution is 7.89. The minimum absolute atomic E-state index is 0.265. The lowest BCUT2D eigenvalue weighted by molar-refractivity contribution is 0.466. The van der Waals surface area contributed by atoms with Crippen LogP contribution < -0.4 is 0 Å². The van der Waals surface area contributed by atoms with E-state index < -0.39 is 10.0 Å². The minimum Gasteiger partial charge on any atom is -0.207 e. The maximum absolute atomic E-state index is 12.7. The normalized spacial score (nSPS) is 11.4. The summed E-state index contributed by atoms with van der Waals surface area (Å²) in [7, 11) is -1.97. The molecule has 2 aromatic rings. The van der Waals surface area contributed by atoms with Gasteiger partial charge in [-0.2, -0.15) is 9.57 Å². The van der Waals surface area contributed by atoms with Crippen LogP contribution in [0.4, 0.5) is 0 Å². The van der Waals surface area contributed by atoms with Gasteiger partial charge in [0.25, 0.3) is 0 Å². The Hall–Kier alpha value is -2.16. The van der Waals surface area contributed by atoms with Crippen molar-refractivity contribution in [3.63, 3.8) is 0 Å². The van der Waals surface area contributed by atoms with Gasteiger partial charge in [0.2, 0.25) is 10.0 Å². The first-order valence-corrected chi connectivity index (χ1v) is 8.31. The van der Waals surface area contributed by atoms with E-state index in [9.17, 15) is 8.42 Å². The summed E-state index contributed by atoms with van der Waals surface area (Å²) in [5.74, 6) is 0. The van der Waals surface area contributed by atoms with Crippen LogP contribution in [0.25, 0.3) is 0 Å². The van der Waals surface area contributed by atoms with E-state index in [0.29, 0.717) is 10.5 Å². The summed E-state index contributed by atoms with van der Waals surface area (Å²) in [5.41, 5.74) is 3.05. The monoisotopic (exact) mass is 314 g/mol. The van der Waals surface area contributed by atoms with Gasteiger partial charge in [-0.15, -0.1) is 0 Å². The molecule has 0 radical (unpaired) electrons. The summed E-state index contributed by atoms with van der Waals surface area (Å²) in [6.45, 7) is 3.93. The van der Waals surface area contributed by atoms with Crippen LogP contribution in [-0.2, 0) is 16.6 Å². The van der Waals surface area contributed by atoms with Gasteiger partial charge in [0, 0.05) is 13.6 Å². The fourth-order valence-corrected chi connectivity index (χ4v) is 3.64. The average Bonchev–Trinajstić information content (AvgIpc) is 2.50. The molecule has 0 aliphatic rings. The number of aryl methyl sites for hydroxylation is 2. The highest BCUT2D eigenvalue weighted by Crippen LogP contribution is 2.21. The molecule has 0 saturated carbocycles. The third-order valence-electron chi connectivity index (χ3n) is 3.52. The van der Waals surface area contributed by atoms with Crippen LogP contribution >= 0.6 is 0 Å². The van der Waals surface area contributed by atoms with E-state index in [4.69, 9.17) is 5.26 Å². The second kappa shape index (κ2) is 6.30. The lowest BCUT2D eigenvalue weighted by atomic mass is 10.1. The summed E-state index contributed by atoms with van der Waals surface area (Å²) < 4.78 is 26.7. The van der Waals surface area contributed by atoms with Crippen LogP contribution in [0.5, 0.6) is 0 Å². The number of sulfonamides is 1. The van der Waals surface area contributed by atoms with Crippen molar-refractivity contribution in [3.05, 3.63) is 64.7 Å². The molecule has 2 rings (SSSR count). The number of rotatable bonds is 4. The SMILES string of the molecule is Cc1ccc(C)c(S(=O)(=O)N(C)Cc2ccc(C#N)cc2)c1. The molecule has 0 aliphatic carbocycles. The van der Waals surface area contributed by atoms with Crippen LogP contribution in [-0.4, -0.2) is 19.8 Å². The first kappa shape index (κ1) is 16.2. The summed E-state index contributed by atoms with van der Waals surface area (Å²) in [4.78, 5) is 0.337. The Kier molecular flexibility index (Phi) is 4.65. The molecule has 0 spiro atoms. The zero-order chi connectivity index (χ0) is 16.3. The van der Waals surface area contributed by atoms with Crippen molar-refractivity contribution in [1.82, 2.24) is 4.31 Å². The van der Waals surface area contributed by atoms with E-state index in [1.807, 2.05) is 25.1 Å². The Morgan fingerprint density at radius 3 is 2.32 bits per heavy atom. The fraction of sp³-hybridized carbons (Fsp3) is 0.235. The molecule has 0 bridgehead atoms. The maximum atomic E-state index is 12.7. The van der Waals surface area contributed by atoms with Crippen molar-refractivity contribution in [2.75, 3.05) is 7.05 Å². The quantitative estimate of drug-likeness (QED) is 0.871. The van der Waals surface area contributed by atoms with Gasteiger partial charge in [-0.05, 0) is 48.7 Å². The van der Waals surface area contributed by atoms with Gasteiger partial charge in [-0.1, -0.05) is 24.3 Å². The summed E-state index contributed by atoms with van der Waals surface area (Å²) in [6.07, 6.45) is 0. The van der Waals surface area contributed by atoms with Gasteiger partial charge < -0.3 is 0 Å². The molecule has 0 unspecified atom stereocenters. The Labute approximate surface area is 131 Å². The predicted octanol–water partition coefficient (Wildman–Crippen LogP) is 3.00. The smallest absolute Gasteiger partial charge is 0.207 e. The van der Waals surface area contributed by atoms with Crippen LogP contribution in [0.1, 0.15) is 22.3 Å². The van der Waals surface area contributed by atoms with Gasteiger partial charge >= 0.3 is 0 Å². The van der Waals surface area contributed by atoms with E-state index in [0.717, 1.165) is 16.7 Å². The summed E-state index contributed by atoms with van der Waals surface area (Å²) in [6, 6.07) is 14.4. The third-order valence-corrected chi connectivity index (χ3v) is 5.47. The van der Waals surface area contributed by atoms with Gasteiger partial charge in [0.05, 0.1) is 16.5 Å². The average molecular weight is 314 g/mol. The number of nitrogens with zero attached hydrogens (tertiary/aromatic N) is 2. The number of hydrogen-bond donors (Lipinski definition) is 0. The lowest BCUT2D eigenvalue weighted by Crippen LogP contribution is -2.27. The number of nitriles is 1. The number of hydrogen-bond acceptors (Lipinski definition) is 3. The van der Waals surface area contributed by atoms with Crippen LogP contribution in [0.2, 0.25) is 0 Å². The highest BCUT2D eigenvalue weighted by Gasteiger charge is 2.22. The van der Waals surface area contributed by atoms with Crippen LogP contribution in [0.3, 0.4) is 0 Å². The minimum atomic E-state index is -3.54. The molecule has 0 aromatic heterocycles. The van der Waals surface area contributed by atoms with Gasteiger partial charge in [0.1, 0.15) is 0 Å². The van der Waals surface area contributed by atoms with Crippen molar-refractivity contribution in [3.8, 4) is 6.07 Å². The second-order valence-electron chi connectivity index (χ2n) is 5.34. The van der Waals surface area contributed by atoms with Crippen molar-refractivity contribution >= 4 is 10.0 Å². The molecule has 114 valence electrons. The predicted molar refractivity (Wildman–Crippen MR) is 85.7 cm³/mol. The first-order chi connectivity index (χ1) is 10.3. The summed E-state index contributed by atoms with van der Waals surface area (Å²) >= 11 is 0. The van der Waals surface area contributed by atoms with Crippen molar-refractivity contribution in [2.45, 2.75) is 25.3 Å². The Morgan fingerprint density at radius 1 is 1.09 bits per heavy atom. The van der Waals surface area contributed by atoms with Gasteiger partial charge in [0.15, 0.2) is 0 Å². The molecule has 22 heavy (non-hydrogen) atoms. The third kappa shape index (κ3) is 3.35. The molecule has 0 atom stereocenters. The molecular formula is C17H18N2O2S. The Morgan fingerprint density at radius 2 is 1.73 bits per heavy atom. The van der Waals surface area contributed by atoms with Crippen LogP contribution in [0, 0.1) is 25.2 Å². The van der Waals surface area contributed by atoms with E-state index >= 15 is 0 Å². The molecular weight excluding hydrogens is 296 g/mol. The highest BCUT2D eigenvalue weighted by atomic mass is 32.2. The molecule has 4 nitrogen and oxygen atoms in total. The first-order valence-electron chi connectivity index (χ1n) is 6.87. The molecule has 5 heteroatoms. The fourth-order valence-electron chi connectivity index (χ4n) is 2.18. The molecule has 0 heterocycles. The van der Waals surface area contributed by atoms with E-state index in [1.54, 1.807) is 44.3 Å². The number of benzene rings is 2. The van der Waals surface area contributed by atoms with Crippen molar-refractivity contribution in [2.24, 2.45) is 0 Å².